The van der Waals surface area contributed by atoms with E-state index in [1.807, 2.05) is 27.7 Å². The summed E-state index contributed by atoms with van der Waals surface area (Å²) in [6.07, 6.45) is -4.22. The maximum atomic E-state index is 11.7. The van der Waals surface area contributed by atoms with E-state index in [0.717, 1.165) is 0 Å². The first kappa shape index (κ1) is 12.5. The lowest BCUT2D eigenvalue weighted by Gasteiger charge is -2.25. The van der Waals surface area contributed by atoms with E-state index in [2.05, 4.69) is 4.99 Å². The lowest BCUT2D eigenvalue weighted by Crippen LogP contribution is -2.20. The van der Waals surface area contributed by atoms with Crippen molar-refractivity contribution in [3.05, 3.63) is 0 Å². The third kappa shape index (κ3) is 6.61. The molecule has 0 aromatic carbocycles. The van der Waals surface area contributed by atoms with Crippen molar-refractivity contribution in [1.29, 1.82) is 0 Å². The molecule has 0 aliphatic rings. The molecule has 1 unspecified atom stereocenters. The molecule has 0 bridgehead atoms. The normalized spacial score (nSPS) is 16.5. The molecule has 0 aliphatic carbocycles. The fourth-order valence-corrected chi connectivity index (χ4v) is 0.588. The van der Waals surface area contributed by atoms with Crippen LogP contribution in [0.25, 0.3) is 0 Å². The summed E-state index contributed by atoms with van der Waals surface area (Å²) in [6, 6.07) is 0. The molecule has 0 aliphatic heterocycles. The lowest BCUT2D eigenvalue weighted by molar-refractivity contribution is -0.0538. The fraction of sp³-hybridized carbons (Fsp3) is 0.889. The average Bonchev–Trinajstić information content (AvgIpc) is 1.82. The molecule has 0 rings (SSSR count). The Bertz CT molecular complexity index is 176. The number of hydrogen-bond donors (Lipinski definition) is 0. The second kappa shape index (κ2) is 4.11. The molecular formula is C9H16F3N. The van der Waals surface area contributed by atoms with Gasteiger partial charge in [0.25, 0.3) is 0 Å². The van der Waals surface area contributed by atoms with Crippen LogP contribution in [0.15, 0.2) is 4.99 Å². The van der Waals surface area contributed by atoms with Gasteiger partial charge in [0, 0.05) is 6.54 Å². The van der Waals surface area contributed by atoms with E-state index in [-0.39, 0.29) is 24.1 Å². The first-order chi connectivity index (χ1) is 5.63. The van der Waals surface area contributed by atoms with Crippen LogP contribution >= 0.6 is 0 Å². The molecule has 0 saturated heterocycles. The van der Waals surface area contributed by atoms with E-state index >= 15 is 0 Å². The molecule has 0 N–H and O–H groups in total. The Morgan fingerprint density at radius 2 is 1.69 bits per heavy atom. The predicted octanol–water partition coefficient (Wildman–Crippen LogP) is 3.30. The standard InChI is InChI=1S/C9H16F3N/c1-7(8(2,3)4)5-13-6-9(10,11)12/h6-7H,5H2,1-4H3. The Kier molecular flexibility index (Phi) is 3.94. The van der Waals surface area contributed by atoms with Crippen LogP contribution in [-0.2, 0) is 0 Å². The topological polar surface area (TPSA) is 12.4 Å². The van der Waals surface area contributed by atoms with Gasteiger partial charge in [-0.25, -0.2) is 0 Å². The molecule has 0 fully saturated rings. The zero-order chi connectivity index (χ0) is 10.7. The minimum Gasteiger partial charge on any atom is -0.288 e. The minimum absolute atomic E-state index is 0.00292. The number of aliphatic imine (C=N–C) groups is 1. The van der Waals surface area contributed by atoms with Gasteiger partial charge in [-0.15, -0.1) is 0 Å². The van der Waals surface area contributed by atoms with Gasteiger partial charge in [-0.1, -0.05) is 27.7 Å². The van der Waals surface area contributed by atoms with Gasteiger partial charge in [0.1, 0.15) is 6.21 Å². The van der Waals surface area contributed by atoms with Gasteiger partial charge in [-0.2, -0.15) is 13.2 Å². The van der Waals surface area contributed by atoms with Crippen molar-refractivity contribution in [3.8, 4) is 0 Å². The second-order valence-corrected chi connectivity index (χ2v) is 4.30. The van der Waals surface area contributed by atoms with Crippen LogP contribution in [0.4, 0.5) is 13.2 Å². The van der Waals surface area contributed by atoms with Crippen molar-refractivity contribution >= 4 is 6.21 Å². The highest BCUT2D eigenvalue weighted by atomic mass is 19.4. The Morgan fingerprint density at radius 1 is 1.23 bits per heavy atom. The van der Waals surface area contributed by atoms with E-state index < -0.39 is 6.18 Å². The summed E-state index contributed by atoms with van der Waals surface area (Å²) < 4.78 is 35.0. The summed E-state index contributed by atoms with van der Waals surface area (Å²) in [5.74, 6) is 0.145. The number of nitrogens with zero attached hydrogens (tertiary/aromatic N) is 1. The minimum atomic E-state index is -4.28. The maximum Gasteiger partial charge on any atom is 0.426 e. The largest absolute Gasteiger partial charge is 0.426 e. The van der Waals surface area contributed by atoms with Gasteiger partial charge in [-0.05, 0) is 11.3 Å². The second-order valence-electron chi connectivity index (χ2n) is 4.30. The van der Waals surface area contributed by atoms with Gasteiger partial charge in [0.2, 0.25) is 0 Å². The molecule has 0 radical (unpaired) electrons. The Morgan fingerprint density at radius 3 is 2.00 bits per heavy atom. The summed E-state index contributed by atoms with van der Waals surface area (Å²) in [5, 5.41) is 0. The average molecular weight is 195 g/mol. The summed E-state index contributed by atoms with van der Waals surface area (Å²) >= 11 is 0. The molecule has 13 heavy (non-hydrogen) atoms. The summed E-state index contributed by atoms with van der Waals surface area (Å²) in [6.45, 7) is 8.08. The van der Waals surface area contributed by atoms with Crippen LogP contribution in [0.3, 0.4) is 0 Å². The zero-order valence-corrected chi connectivity index (χ0v) is 8.44. The van der Waals surface area contributed by atoms with Crippen LogP contribution in [0.2, 0.25) is 0 Å². The SMILES string of the molecule is CC(CN=CC(F)(F)F)C(C)(C)C. The van der Waals surface area contributed by atoms with Gasteiger partial charge in [-0.3, -0.25) is 4.99 Å². The van der Waals surface area contributed by atoms with E-state index in [0.29, 0.717) is 0 Å². The Hall–Kier alpha value is -0.540. The molecule has 0 spiro atoms. The molecule has 0 heterocycles. The van der Waals surface area contributed by atoms with E-state index in [4.69, 9.17) is 0 Å². The smallest absolute Gasteiger partial charge is 0.288 e. The van der Waals surface area contributed by atoms with Crippen LogP contribution < -0.4 is 0 Å². The molecule has 78 valence electrons. The predicted molar refractivity (Wildman–Crippen MR) is 48.0 cm³/mol. The van der Waals surface area contributed by atoms with Crippen LogP contribution in [0.1, 0.15) is 27.7 Å². The highest BCUT2D eigenvalue weighted by Crippen LogP contribution is 2.25. The lowest BCUT2D eigenvalue weighted by atomic mass is 9.82. The molecular weight excluding hydrogens is 179 g/mol. The monoisotopic (exact) mass is 195 g/mol. The first-order valence-electron chi connectivity index (χ1n) is 4.20. The number of halogens is 3. The number of hydrogen-bond acceptors (Lipinski definition) is 1. The van der Waals surface area contributed by atoms with Crippen molar-refractivity contribution in [1.82, 2.24) is 0 Å². The summed E-state index contributed by atoms with van der Waals surface area (Å²) in [7, 11) is 0. The summed E-state index contributed by atoms with van der Waals surface area (Å²) in [4.78, 5) is 3.36. The molecule has 1 atom stereocenters. The van der Waals surface area contributed by atoms with Gasteiger partial charge in [0.05, 0.1) is 0 Å². The van der Waals surface area contributed by atoms with Crippen molar-refractivity contribution in [2.75, 3.05) is 6.54 Å². The van der Waals surface area contributed by atoms with E-state index in [1.54, 1.807) is 0 Å². The number of rotatable bonds is 2. The van der Waals surface area contributed by atoms with E-state index in [9.17, 15) is 13.2 Å². The molecule has 4 heteroatoms. The highest BCUT2D eigenvalue weighted by molar-refractivity contribution is 5.63. The van der Waals surface area contributed by atoms with Crippen LogP contribution in [-0.4, -0.2) is 18.9 Å². The number of alkyl halides is 3. The first-order valence-corrected chi connectivity index (χ1v) is 4.20. The Labute approximate surface area is 77.1 Å². The molecule has 0 aromatic rings. The van der Waals surface area contributed by atoms with E-state index in [1.165, 1.54) is 0 Å². The molecule has 0 aromatic heterocycles. The third-order valence-corrected chi connectivity index (χ3v) is 2.10. The summed E-state index contributed by atoms with van der Waals surface area (Å²) in [5.41, 5.74) is 0.00292. The van der Waals surface area contributed by atoms with Gasteiger partial charge < -0.3 is 0 Å². The van der Waals surface area contributed by atoms with Crippen LogP contribution in [0.5, 0.6) is 0 Å². The Balaban J connectivity index is 3.98. The third-order valence-electron chi connectivity index (χ3n) is 2.10. The van der Waals surface area contributed by atoms with Crippen molar-refractivity contribution in [2.45, 2.75) is 33.9 Å². The molecule has 0 amide bonds. The van der Waals surface area contributed by atoms with Crippen molar-refractivity contribution < 1.29 is 13.2 Å². The van der Waals surface area contributed by atoms with Gasteiger partial charge >= 0.3 is 6.18 Å². The van der Waals surface area contributed by atoms with Crippen LogP contribution in [0, 0.1) is 11.3 Å². The van der Waals surface area contributed by atoms with Crippen molar-refractivity contribution in [3.63, 3.8) is 0 Å². The molecule has 0 saturated carbocycles. The fourth-order valence-electron chi connectivity index (χ4n) is 0.588. The quantitative estimate of drug-likeness (QED) is 0.599. The van der Waals surface area contributed by atoms with Crippen molar-refractivity contribution in [2.24, 2.45) is 16.3 Å². The zero-order valence-electron chi connectivity index (χ0n) is 8.44. The highest BCUT2D eigenvalue weighted by Gasteiger charge is 2.24. The maximum absolute atomic E-state index is 11.7. The van der Waals surface area contributed by atoms with Gasteiger partial charge in [0.15, 0.2) is 0 Å². The molecule has 1 nitrogen and oxygen atoms in total.